The molecule has 8 heteroatoms. The molecule has 0 saturated heterocycles. The Morgan fingerprint density at radius 1 is 0.606 bits per heavy atom. The first-order chi connectivity index (χ1) is 15.2. The molecule has 0 N–H and O–H groups in total. The molecular formula is C25H51NaO6S. The third-order valence-corrected chi connectivity index (χ3v) is 7.44. The zero-order valence-electron chi connectivity index (χ0n) is 22.6. The molecule has 0 aromatic rings. The van der Waals surface area contributed by atoms with Gasteiger partial charge in [-0.3, -0.25) is 0 Å². The maximum atomic E-state index is 12.2. The van der Waals surface area contributed by atoms with Crippen LogP contribution >= 0.6 is 0 Å². The van der Waals surface area contributed by atoms with Crippen molar-refractivity contribution in [2.45, 2.75) is 142 Å². The Morgan fingerprint density at radius 3 is 1.24 bits per heavy atom. The van der Waals surface area contributed by atoms with Gasteiger partial charge in [-0.05, 0) is 34.1 Å². The Hall–Kier alpha value is 0.790. The molecule has 0 radical (unpaired) electrons. The van der Waals surface area contributed by atoms with Crippen molar-refractivity contribution in [1.29, 1.82) is 0 Å². The molecule has 6 nitrogen and oxygen atoms in total. The predicted molar refractivity (Wildman–Crippen MR) is 131 cm³/mol. The predicted octanol–water partition coefficient (Wildman–Crippen LogP) is 3.93. The van der Waals surface area contributed by atoms with E-state index in [4.69, 9.17) is 14.2 Å². The van der Waals surface area contributed by atoms with Crippen LogP contribution in [0.5, 0.6) is 0 Å². The largest absolute Gasteiger partial charge is 1.00 e. The second kappa shape index (κ2) is 20.9. The molecule has 0 aliphatic rings. The first kappa shape index (κ1) is 35.9. The molecule has 0 amide bonds. The van der Waals surface area contributed by atoms with E-state index >= 15 is 0 Å². The summed E-state index contributed by atoms with van der Waals surface area (Å²) >= 11 is 0. The Morgan fingerprint density at radius 2 is 0.939 bits per heavy atom. The van der Waals surface area contributed by atoms with Gasteiger partial charge < -0.3 is 18.8 Å². The Bertz CT molecular complexity index is 537. The first-order valence-electron chi connectivity index (χ1n) is 13.1. The molecule has 0 spiro atoms. The van der Waals surface area contributed by atoms with Crippen LogP contribution in [0.2, 0.25) is 0 Å². The van der Waals surface area contributed by atoms with Crippen LogP contribution in [0.15, 0.2) is 0 Å². The van der Waals surface area contributed by atoms with Crippen molar-refractivity contribution in [2.24, 2.45) is 0 Å². The van der Waals surface area contributed by atoms with Crippen LogP contribution in [0.3, 0.4) is 0 Å². The van der Waals surface area contributed by atoms with Crippen molar-refractivity contribution in [3.63, 3.8) is 0 Å². The number of unbranched alkanes of at least 4 members (excludes halogenated alkanes) is 13. The zero-order valence-corrected chi connectivity index (χ0v) is 25.4. The summed E-state index contributed by atoms with van der Waals surface area (Å²) in [4.78, 5) is 0. The molecular weight excluding hydrogens is 451 g/mol. The van der Waals surface area contributed by atoms with Crippen LogP contribution in [0.4, 0.5) is 0 Å². The van der Waals surface area contributed by atoms with E-state index in [1.807, 2.05) is 0 Å². The number of ether oxygens (including phenoxy) is 3. The fourth-order valence-corrected chi connectivity index (χ4v) is 5.64. The van der Waals surface area contributed by atoms with Gasteiger partial charge >= 0.3 is 29.6 Å². The maximum absolute atomic E-state index is 12.2. The van der Waals surface area contributed by atoms with Gasteiger partial charge in [-0.25, -0.2) is 8.42 Å². The molecule has 33 heavy (non-hydrogen) atoms. The molecule has 0 aliphatic carbocycles. The molecule has 194 valence electrons. The second-order valence-corrected chi connectivity index (χ2v) is 10.3. The number of hydrogen-bond acceptors (Lipinski definition) is 6. The van der Waals surface area contributed by atoms with Crippen molar-refractivity contribution in [2.75, 3.05) is 19.8 Å². The number of hydrogen-bond donors (Lipinski definition) is 0. The van der Waals surface area contributed by atoms with Crippen molar-refractivity contribution >= 4 is 10.1 Å². The van der Waals surface area contributed by atoms with Crippen LogP contribution < -0.4 is 29.6 Å². The van der Waals surface area contributed by atoms with Gasteiger partial charge in [0.25, 0.3) is 5.12 Å². The molecule has 1 unspecified atom stereocenters. The molecule has 0 rings (SSSR count). The summed E-state index contributed by atoms with van der Waals surface area (Å²) in [7, 11) is -4.92. The summed E-state index contributed by atoms with van der Waals surface area (Å²) in [5.41, 5.74) is -1.36. The van der Waals surface area contributed by atoms with E-state index in [2.05, 4.69) is 6.92 Å². The van der Waals surface area contributed by atoms with E-state index in [-0.39, 0.29) is 49.4 Å². The monoisotopic (exact) mass is 502 g/mol. The number of rotatable bonds is 23. The first-order valence-corrected chi connectivity index (χ1v) is 14.5. The smallest absolute Gasteiger partial charge is 0.744 e. The van der Waals surface area contributed by atoms with Crippen LogP contribution in [-0.4, -0.2) is 43.5 Å². The molecule has 0 aliphatic heterocycles. The van der Waals surface area contributed by atoms with E-state index in [0.717, 1.165) is 19.3 Å². The summed E-state index contributed by atoms with van der Waals surface area (Å²) in [6.07, 6.45) is 17.8. The van der Waals surface area contributed by atoms with Crippen LogP contribution in [-0.2, 0) is 24.3 Å². The van der Waals surface area contributed by atoms with Crippen molar-refractivity contribution < 1.29 is 56.7 Å². The molecule has 0 fully saturated rings. The van der Waals surface area contributed by atoms with E-state index in [9.17, 15) is 13.0 Å². The molecule has 0 aromatic heterocycles. The van der Waals surface area contributed by atoms with Crippen molar-refractivity contribution in [3.05, 3.63) is 0 Å². The average molecular weight is 503 g/mol. The fourth-order valence-electron chi connectivity index (χ4n) is 4.42. The van der Waals surface area contributed by atoms with Crippen molar-refractivity contribution in [1.82, 2.24) is 0 Å². The summed E-state index contributed by atoms with van der Waals surface area (Å²) in [5.74, 6) is 0. The Balaban J connectivity index is 0. The molecule has 0 heterocycles. The van der Waals surface area contributed by atoms with Gasteiger partial charge in [0.1, 0.15) is 5.60 Å². The topological polar surface area (TPSA) is 84.9 Å². The molecule has 1 atom stereocenters. The van der Waals surface area contributed by atoms with E-state index < -0.39 is 20.8 Å². The van der Waals surface area contributed by atoms with Gasteiger partial charge in [-0.1, -0.05) is 96.8 Å². The molecule has 0 aromatic carbocycles. The maximum Gasteiger partial charge on any atom is 1.00 e. The quantitative estimate of drug-likeness (QED) is 0.0911. The van der Waals surface area contributed by atoms with E-state index in [1.54, 1.807) is 27.7 Å². The van der Waals surface area contributed by atoms with Gasteiger partial charge in [0.2, 0.25) is 0 Å². The van der Waals surface area contributed by atoms with Gasteiger partial charge in [0.15, 0.2) is 10.1 Å². The van der Waals surface area contributed by atoms with Crippen LogP contribution in [0.25, 0.3) is 0 Å². The summed E-state index contributed by atoms with van der Waals surface area (Å²) in [6.45, 7) is 9.32. The SMILES string of the molecule is CCCCCCCCCCCCCCCCC(C)(OCC)C(OCC)(OCC)S(=O)(=O)[O-].[Na+]. The minimum atomic E-state index is -4.92. The third kappa shape index (κ3) is 13.6. The standard InChI is InChI=1S/C25H52O6S.Na/c1-6-10-11-12-13-14-15-16-17-18-19-20-21-22-23-24(5,29-7-2)25(30-8-3,31-9-4)32(26,27)28;/h6-23H2,1-5H3,(H,26,27,28);/q;+1/p-1. The third-order valence-electron chi connectivity index (χ3n) is 6.12. The minimum Gasteiger partial charge on any atom is -0.744 e. The average Bonchev–Trinajstić information content (AvgIpc) is 2.73. The van der Waals surface area contributed by atoms with E-state index in [0.29, 0.717) is 6.42 Å². The summed E-state index contributed by atoms with van der Waals surface area (Å²) in [6, 6.07) is 0. The Kier molecular flexibility index (Phi) is 22.8. The summed E-state index contributed by atoms with van der Waals surface area (Å²) in [5, 5.41) is -2.32. The van der Waals surface area contributed by atoms with E-state index in [1.165, 1.54) is 70.6 Å². The van der Waals surface area contributed by atoms with Gasteiger partial charge in [0.05, 0.1) is 0 Å². The van der Waals surface area contributed by atoms with Crippen LogP contribution in [0.1, 0.15) is 131 Å². The zero-order chi connectivity index (χ0) is 24.3. The summed E-state index contributed by atoms with van der Waals surface area (Å²) < 4.78 is 53.4. The minimum absolute atomic E-state index is 0. The van der Waals surface area contributed by atoms with Gasteiger partial charge in [-0.15, -0.1) is 0 Å². The Labute approximate surface area is 227 Å². The second-order valence-electron chi connectivity index (χ2n) is 8.89. The van der Waals surface area contributed by atoms with Crippen LogP contribution in [0, 0.1) is 0 Å². The van der Waals surface area contributed by atoms with Gasteiger partial charge in [0, 0.05) is 19.8 Å². The van der Waals surface area contributed by atoms with Crippen molar-refractivity contribution in [3.8, 4) is 0 Å². The van der Waals surface area contributed by atoms with Gasteiger partial charge in [-0.2, -0.15) is 0 Å². The normalized spacial score (nSPS) is 14.1. The fraction of sp³-hybridized carbons (Fsp3) is 1.00. The molecule has 0 saturated carbocycles. The molecule has 0 bridgehead atoms.